The van der Waals surface area contributed by atoms with Gasteiger partial charge in [-0.05, 0) is 69.5 Å². The number of benzene rings is 2. The molecule has 1 aliphatic heterocycles. The van der Waals surface area contributed by atoms with Crippen LogP contribution in [0.3, 0.4) is 0 Å². The molecule has 2 aromatic rings. The standard InChI is InChI=1S/C26H34F2N2O4Si/c1-8-33-18-9-10-19-16(13-18)11-12-30(25(32)34-26(2,3)4)22(19)24(31)29-17-14-20(27)23(21(28)15-17)35(5,6)7/h9-10,13-15,22H,8,11-12H2,1-7H3,(H,29,31)/t22-/m1/s1. The van der Waals surface area contributed by atoms with Crippen LogP contribution in [0.2, 0.25) is 19.6 Å². The van der Waals surface area contributed by atoms with Crippen LogP contribution in [0.25, 0.3) is 0 Å². The summed E-state index contributed by atoms with van der Waals surface area (Å²) >= 11 is 0. The van der Waals surface area contributed by atoms with Gasteiger partial charge in [-0.1, -0.05) is 25.7 Å². The van der Waals surface area contributed by atoms with Crippen LogP contribution in [0, 0.1) is 11.6 Å². The summed E-state index contributed by atoms with van der Waals surface area (Å²) in [5.41, 5.74) is 0.718. The van der Waals surface area contributed by atoms with E-state index >= 15 is 0 Å². The fourth-order valence-corrected chi connectivity index (χ4v) is 5.81. The van der Waals surface area contributed by atoms with Gasteiger partial charge < -0.3 is 14.8 Å². The van der Waals surface area contributed by atoms with Crippen LogP contribution < -0.4 is 15.2 Å². The molecule has 0 radical (unpaired) electrons. The molecular weight excluding hydrogens is 470 g/mol. The number of fused-ring (bicyclic) bond motifs is 1. The average molecular weight is 505 g/mol. The van der Waals surface area contributed by atoms with E-state index < -0.39 is 43.4 Å². The van der Waals surface area contributed by atoms with Crippen molar-refractivity contribution < 1.29 is 27.8 Å². The Morgan fingerprint density at radius 3 is 2.29 bits per heavy atom. The highest BCUT2D eigenvalue weighted by Crippen LogP contribution is 2.34. The average Bonchev–Trinajstić information content (AvgIpc) is 2.70. The predicted octanol–water partition coefficient (Wildman–Crippen LogP) is 5.38. The van der Waals surface area contributed by atoms with Crippen molar-refractivity contribution in [1.29, 1.82) is 0 Å². The van der Waals surface area contributed by atoms with Gasteiger partial charge in [0.05, 0.1) is 14.7 Å². The second-order valence-corrected chi connectivity index (χ2v) is 15.7. The molecule has 9 heteroatoms. The van der Waals surface area contributed by atoms with Crippen molar-refractivity contribution in [3.05, 3.63) is 53.1 Å². The quantitative estimate of drug-likeness (QED) is 0.555. The van der Waals surface area contributed by atoms with Crippen LogP contribution in [0.4, 0.5) is 19.3 Å². The maximum atomic E-state index is 14.8. The number of ether oxygens (including phenoxy) is 2. The lowest BCUT2D eigenvalue weighted by Gasteiger charge is -2.37. The molecule has 0 aromatic heterocycles. The van der Waals surface area contributed by atoms with Gasteiger partial charge in [-0.2, -0.15) is 0 Å². The van der Waals surface area contributed by atoms with Gasteiger partial charge in [-0.3, -0.25) is 9.69 Å². The van der Waals surface area contributed by atoms with Crippen molar-refractivity contribution in [3.8, 4) is 5.75 Å². The van der Waals surface area contributed by atoms with Crippen molar-refractivity contribution in [3.63, 3.8) is 0 Å². The van der Waals surface area contributed by atoms with Crippen molar-refractivity contribution in [2.75, 3.05) is 18.5 Å². The first-order valence-corrected chi connectivity index (χ1v) is 15.3. The third-order valence-electron chi connectivity index (χ3n) is 5.59. The molecule has 2 amide bonds. The predicted molar refractivity (Wildman–Crippen MR) is 135 cm³/mol. The molecule has 3 rings (SSSR count). The normalized spacial score (nSPS) is 15.9. The summed E-state index contributed by atoms with van der Waals surface area (Å²) in [5, 5.41) is 2.70. The lowest BCUT2D eigenvalue weighted by molar-refractivity contribution is -0.122. The summed E-state index contributed by atoms with van der Waals surface area (Å²) in [4.78, 5) is 27.9. The fraction of sp³-hybridized carbons (Fsp3) is 0.462. The molecule has 0 aliphatic carbocycles. The van der Waals surface area contributed by atoms with Gasteiger partial charge in [0.25, 0.3) is 5.91 Å². The van der Waals surface area contributed by atoms with E-state index in [1.165, 1.54) is 4.90 Å². The van der Waals surface area contributed by atoms with E-state index in [1.54, 1.807) is 32.9 Å². The molecule has 0 spiro atoms. The van der Waals surface area contributed by atoms with Gasteiger partial charge in [0.15, 0.2) is 0 Å². The Morgan fingerprint density at radius 1 is 1.11 bits per heavy atom. The van der Waals surface area contributed by atoms with E-state index in [1.807, 2.05) is 32.6 Å². The number of anilines is 1. The molecule has 0 bridgehead atoms. The first-order chi connectivity index (χ1) is 16.2. The molecule has 1 N–H and O–H groups in total. The smallest absolute Gasteiger partial charge is 0.411 e. The lowest BCUT2D eigenvalue weighted by Crippen LogP contribution is -2.47. The highest BCUT2D eigenvalue weighted by molar-refractivity contribution is 6.88. The third-order valence-corrected chi connectivity index (χ3v) is 7.57. The Bertz CT molecular complexity index is 1100. The number of nitrogens with one attached hydrogen (secondary N) is 1. The second kappa shape index (κ2) is 9.97. The summed E-state index contributed by atoms with van der Waals surface area (Å²) in [6.45, 7) is 13.4. The molecule has 0 unspecified atom stereocenters. The first-order valence-electron chi connectivity index (χ1n) is 11.8. The molecule has 35 heavy (non-hydrogen) atoms. The largest absolute Gasteiger partial charge is 0.494 e. The maximum absolute atomic E-state index is 14.8. The molecule has 2 aromatic carbocycles. The Kier molecular flexibility index (Phi) is 7.59. The number of hydrogen-bond acceptors (Lipinski definition) is 4. The van der Waals surface area contributed by atoms with Crippen molar-refractivity contribution in [1.82, 2.24) is 4.90 Å². The van der Waals surface area contributed by atoms with Gasteiger partial charge in [0.1, 0.15) is 29.0 Å². The molecule has 1 atom stereocenters. The van der Waals surface area contributed by atoms with Crippen LogP contribution >= 0.6 is 0 Å². The number of nitrogens with zero attached hydrogens (tertiary/aromatic N) is 1. The Labute approximate surface area is 206 Å². The maximum Gasteiger partial charge on any atom is 0.411 e. The molecular formula is C26H34F2N2O4Si. The summed E-state index contributed by atoms with van der Waals surface area (Å²) < 4.78 is 40.7. The Morgan fingerprint density at radius 2 is 1.74 bits per heavy atom. The Balaban J connectivity index is 1.99. The monoisotopic (exact) mass is 504 g/mol. The fourth-order valence-electron chi connectivity index (χ4n) is 4.23. The van der Waals surface area contributed by atoms with Crippen LogP contribution in [0.5, 0.6) is 5.75 Å². The van der Waals surface area contributed by atoms with E-state index in [-0.39, 0.29) is 17.4 Å². The van der Waals surface area contributed by atoms with E-state index in [2.05, 4.69) is 5.32 Å². The molecule has 0 fully saturated rings. The topological polar surface area (TPSA) is 67.9 Å². The first kappa shape index (κ1) is 26.7. The summed E-state index contributed by atoms with van der Waals surface area (Å²) in [7, 11) is -2.27. The highest BCUT2D eigenvalue weighted by Gasteiger charge is 2.38. The minimum atomic E-state index is -2.27. The number of rotatable bonds is 5. The summed E-state index contributed by atoms with van der Waals surface area (Å²) in [6.07, 6.45) is -0.128. The zero-order chi connectivity index (χ0) is 26.1. The molecule has 190 valence electrons. The lowest BCUT2D eigenvalue weighted by atomic mass is 9.92. The Hall–Kier alpha value is -2.94. The van der Waals surface area contributed by atoms with E-state index in [4.69, 9.17) is 9.47 Å². The number of amides is 2. The second-order valence-electron chi connectivity index (χ2n) is 10.7. The summed E-state index contributed by atoms with van der Waals surface area (Å²) in [5.74, 6) is -1.29. The van der Waals surface area contributed by atoms with Crippen molar-refractivity contribution >= 4 is 30.9 Å². The van der Waals surface area contributed by atoms with Crippen LogP contribution in [0.1, 0.15) is 44.9 Å². The van der Waals surface area contributed by atoms with E-state index in [9.17, 15) is 18.4 Å². The minimum absolute atomic E-state index is 0.00537. The zero-order valence-corrected chi connectivity index (χ0v) is 22.4. The van der Waals surface area contributed by atoms with Crippen molar-refractivity contribution in [2.45, 2.75) is 65.4 Å². The highest BCUT2D eigenvalue weighted by atomic mass is 28.3. The summed E-state index contributed by atoms with van der Waals surface area (Å²) in [6, 6.07) is 6.57. The molecule has 1 heterocycles. The van der Waals surface area contributed by atoms with Crippen LogP contribution in [-0.4, -0.2) is 43.7 Å². The molecule has 0 saturated carbocycles. The van der Waals surface area contributed by atoms with Crippen molar-refractivity contribution in [2.24, 2.45) is 0 Å². The molecule has 6 nitrogen and oxygen atoms in total. The van der Waals surface area contributed by atoms with Gasteiger partial charge in [0.2, 0.25) is 0 Å². The SMILES string of the molecule is CCOc1ccc2c(c1)CCN(C(=O)OC(C)(C)C)[C@H]2C(=O)Nc1cc(F)c([Si](C)(C)C)c(F)c1. The molecule has 0 saturated heterocycles. The third kappa shape index (κ3) is 6.20. The number of carbonyl (C=O) groups excluding carboxylic acids is 2. The molecule has 1 aliphatic rings. The number of carbonyl (C=O) groups is 2. The van der Waals surface area contributed by atoms with E-state index in [0.29, 0.717) is 24.3 Å². The van der Waals surface area contributed by atoms with Gasteiger partial charge in [0, 0.05) is 17.4 Å². The van der Waals surface area contributed by atoms with Gasteiger partial charge >= 0.3 is 6.09 Å². The van der Waals surface area contributed by atoms with E-state index in [0.717, 1.165) is 17.7 Å². The van der Waals surface area contributed by atoms with Crippen LogP contribution in [0.15, 0.2) is 30.3 Å². The van der Waals surface area contributed by atoms with Crippen LogP contribution in [-0.2, 0) is 16.0 Å². The zero-order valence-electron chi connectivity index (χ0n) is 21.4. The van der Waals surface area contributed by atoms with Gasteiger partial charge in [-0.15, -0.1) is 0 Å². The minimum Gasteiger partial charge on any atom is -0.494 e. The van der Waals surface area contributed by atoms with Gasteiger partial charge in [-0.25, -0.2) is 13.6 Å². The number of halogens is 2. The number of hydrogen-bond donors (Lipinski definition) is 1.